The molecule has 1 fully saturated rings. The highest BCUT2D eigenvalue weighted by Crippen LogP contribution is 2.23. The summed E-state index contributed by atoms with van der Waals surface area (Å²) in [5, 5.41) is 3.04. The van der Waals surface area contributed by atoms with Crippen molar-refractivity contribution in [2.45, 2.75) is 37.6 Å². The maximum atomic E-state index is 12.5. The lowest BCUT2D eigenvalue weighted by atomic mass is 9.90. The Bertz CT molecular complexity index is 994. The van der Waals surface area contributed by atoms with Crippen molar-refractivity contribution >= 4 is 17.7 Å². The van der Waals surface area contributed by atoms with Crippen molar-refractivity contribution in [2.24, 2.45) is 5.92 Å². The summed E-state index contributed by atoms with van der Waals surface area (Å²) in [7, 11) is 0. The Morgan fingerprint density at radius 2 is 1.61 bits per heavy atom. The van der Waals surface area contributed by atoms with Gasteiger partial charge in [0.05, 0.1) is 0 Å². The van der Waals surface area contributed by atoms with E-state index in [1.165, 1.54) is 40.8 Å². The molecule has 0 spiro atoms. The van der Waals surface area contributed by atoms with E-state index in [0.29, 0.717) is 6.54 Å². The molecular formula is C29H34N2OS. The minimum atomic E-state index is 0.00721. The van der Waals surface area contributed by atoms with Crippen LogP contribution in [0.15, 0.2) is 83.8 Å². The number of amides is 1. The van der Waals surface area contributed by atoms with Crippen LogP contribution < -0.4 is 5.32 Å². The van der Waals surface area contributed by atoms with Crippen LogP contribution in [0.1, 0.15) is 39.9 Å². The number of benzene rings is 3. The third-order valence-electron chi connectivity index (χ3n) is 6.37. The molecule has 3 aromatic rings. The number of piperidine rings is 1. The van der Waals surface area contributed by atoms with Crippen LogP contribution in [0, 0.1) is 12.8 Å². The molecule has 3 nitrogen and oxygen atoms in total. The van der Waals surface area contributed by atoms with Gasteiger partial charge in [0.1, 0.15) is 0 Å². The Morgan fingerprint density at radius 3 is 2.30 bits per heavy atom. The normalized spacial score (nSPS) is 14.8. The standard InChI is InChI=1S/C29H34N2OS/c1-23-7-13-28(14-8-23)33-20-17-30-29(32)27-11-9-26(10-12-27)22-31-18-15-25(16-19-31)21-24-5-3-2-4-6-24/h2-14,25H,15-22H2,1H3,(H,30,32). The van der Waals surface area contributed by atoms with E-state index in [1.807, 2.05) is 12.1 Å². The second-order valence-electron chi connectivity index (χ2n) is 9.02. The van der Waals surface area contributed by atoms with E-state index < -0.39 is 0 Å². The Kier molecular flexibility index (Phi) is 8.62. The Balaban J connectivity index is 1.16. The van der Waals surface area contributed by atoms with Gasteiger partial charge in [-0.1, -0.05) is 60.2 Å². The summed E-state index contributed by atoms with van der Waals surface area (Å²) < 4.78 is 0. The maximum absolute atomic E-state index is 12.5. The van der Waals surface area contributed by atoms with Gasteiger partial charge in [0.2, 0.25) is 0 Å². The summed E-state index contributed by atoms with van der Waals surface area (Å²) in [5.41, 5.74) is 4.74. The molecule has 0 aromatic heterocycles. The largest absolute Gasteiger partial charge is 0.351 e. The number of aryl methyl sites for hydroxylation is 1. The Hall–Kier alpha value is -2.56. The molecule has 0 aliphatic carbocycles. The average Bonchev–Trinajstić information content (AvgIpc) is 2.85. The van der Waals surface area contributed by atoms with Crippen molar-refractivity contribution in [1.29, 1.82) is 0 Å². The van der Waals surface area contributed by atoms with Gasteiger partial charge in [-0.15, -0.1) is 11.8 Å². The van der Waals surface area contributed by atoms with Gasteiger partial charge >= 0.3 is 0 Å². The molecular weight excluding hydrogens is 424 g/mol. The third-order valence-corrected chi connectivity index (χ3v) is 7.39. The van der Waals surface area contributed by atoms with Crippen LogP contribution in [0.5, 0.6) is 0 Å². The number of carbonyl (C=O) groups excluding carboxylic acids is 1. The van der Waals surface area contributed by atoms with Crippen LogP contribution in [-0.2, 0) is 13.0 Å². The monoisotopic (exact) mass is 458 g/mol. The van der Waals surface area contributed by atoms with Crippen LogP contribution in [0.4, 0.5) is 0 Å². The molecule has 0 saturated carbocycles. The lowest BCUT2D eigenvalue weighted by Crippen LogP contribution is -2.33. The first-order chi connectivity index (χ1) is 16.2. The molecule has 1 aliphatic heterocycles. The van der Waals surface area contributed by atoms with Crippen molar-refractivity contribution in [1.82, 2.24) is 10.2 Å². The van der Waals surface area contributed by atoms with Crippen LogP contribution in [0.2, 0.25) is 0 Å². The SMILES string of the molecule is Cc1ccc(SCCNC(=O)c2ccc(CN3CCC(Cc4ccccc4)CC3)cc2)cc1. The fourth-order valence-electron chi connectivity index (χ4n) is 4.39. The van der Waals surface area contributed by atoms with Gasteiger partial charge in [0.25, 0.3) is 5.91 Å². The summed E-state index contributed by atoms with van der Waals surface area (Å²) >= 11 is 1.77. The zero-order chi connectivity index (χ0) is 22.9. The maximum Gasteiger partial charge on any atom is 0.251 e. The van der Waals surface area contributed by atoms with Crippen LogP contribution in [-0.4, -0.2) is 36.2 Å². The Labute approximate surface area is 202 Å². The van der Waals surface area contributed by atoms with Gasteiger partial charge in [0, 0.05) is 29.3 Å². The summed E-state index contributed by atoms with van der Waals surface area (Å²) in [4.78, 5) is 16.2. The van der Waals surface area contributed by atoms with Crippen molar-refractivity contribution in [3.63, 3.8) is 0 Å². The first kappa shape index (κ1) is 23.6. The predicted octanol–water partition coefficient (Wildman–Crippen LogP) is 5.97. The number of likely N-dealkylation sites (tertiary alicyclic amines) is 1. The summed E-state index contributed by atoms with van der Waals surface area (Å²) in [6.45, 7) is 6.02. The minimum Gasteiger partial charge on any atom is -0.351 e. The molecule has 0 unspecified atom stereocenters. The smallest absolute Gasteiger partial charge is 0.251 e. The van der Waals surface area contributed by atoms with Gasteiger partial charge in [-0.05, 0) is 80.6 Å². The van der Waals surface area contributed by atoms with Gasteiger partial charge in [-0.2, -0.15) is 0 Å². The summed E-state index contributed by atoms with van der Waals surface area (Å²) in [6, 6.07) is 27.5. The van der Waals surface area contributed by atoms with E-state index in [1.54, 1.807) is 11.8 Å². The number of hydrogen-bond donors (Lipinski definition) is 1. The molecule has 4 rings (SSSR count). The molecule has 33 heavy (non-hydrogen) atoms. The number of hydrogen-bond acceptors (Lipinski definition) is 3. The molecule has 1 saturated heterocycles. The van der Waals surface area contributed by atoms with E-state index in [-0.39, 0.29) is 5.91 Å². The molecule has 0 radical (unpaired) electrons. The quantitative estimate of drug-likeness (QED) is 0.317. The van der Waals surface area contributed by atoms with Gasteiger partial charge < -0.3 is 5.32 Å². The van der Waals surface area contributed by atoms with Gasteiger partial charge in [-0.3, -0.25) is 9.69 Å². The number of rotatable bonds is 9. The first-order valence-corrected chi connectivity index (χ1v) is 13.0. The van der Waals surface area contributed by atoms with E-state index in [2.05, 4.69) is 83.9 Å². The lowest BCUT2D eigenvalue weighted by molar-refractivity contribution is 0.0956. The molecule has 3 aromatic carbocycles. The number of thioether (sulfide) groups is 1. The number of carbonyl (C=O) groups is 1. The first-order valence-electron chi connectivity index (χ1n) is 12.0. The van der Waals surface area contributed by atoms with Gasteiger partial charge in [-0.25, -0.2) is 0 Å². The van der Waals surface area contributed by atoms with E-state index >= 15 is 0 Å². The molecule has 0 bridgehead atoms. The molecule has 1 aliphatic rings. The predicted molar refractivity (Wildman–Crippen MR) is 139 cm³/mol. The van der Waals surface area contributed by atoms with Crippen molar-refractivity contribution in [3.05, 3.63) is 101 Å². The Morgan fingerprint density at radius 1 is 0.909 bits per heavy atom. The second kappa shape index (κ2) is 12.1. The second-order valence-corrected chi connectivity index (χ2v) is 10.2. The summed E-state index contributed by atoms with van der Waals surface area (Å²) in [6.07, 6.45) is 3.72. The topological polar surface area (TPSA) is 32.3 Å². The highest BCUT2D eigenvalue weighted by molar-refractivity contribution is 7.99. The summed E-state index contributed by atoms with van der Waals surface area (Å²) in [5.74, 6) is 1.67. The van der Waals surface area contributed by atoms with E-state index in [9.17, 15) is 4.79 Å². The average molecular weight is 459 g/mol. The molecule has 1 N–H and O–H groups in total. The third kappa shape index (κ3) is 7.48. The number of nitrogens with one attached hydrogen (secondary N) is 1. The minimum absolute atomic E-state index is 0.00721. The van der Waals surface area contributed by atoms with Crippen molar-refractivity contribution in [2.75, 3.05) is 25.4 Å². The highest BCUT2D eigenvalue weighted by Gasteiger charge is 2.19. The van der Waals surface area contributed by atoms with Crippen LogP contribution >= 0.6 is 11.8 Å². The molecule has 0 atom stereocenters. The van der Waals surface area contributed by atoms with Crippen LogP contribution in [0.3, 0.4) is 0 Å². The van der Waals surface area contributed by atoms with Crippen LogP contribution in [0.25, 0.3) is 0 Å². The molecule has 1 heterocycles. The zero-order valence-electron chi connectivity index (χ0n) is 19.5. The highest BCUT2D eigenvalue weighted by atomic mass is 32.2. The van der Waals surface area contributed by atoms with E-state index in [0.717, 1.165) is 36.9 Å². The van der Waals surface area contributed by atoms with E-state index in [4.69, 9.17) is 0 Å². The molecule has 1 amide bonds. The van der Waals surface area contributed by atoms with Crippen molar-refractivity contribution in [3.8, 4) is 0 Å². The molecule has 4 heteroatoms. The van der Waals surface area contributed by atoms with Crippen molar-refractivity contribution < 1.29 is 4.79 Å². The zero-order valence-corrected chi connectivity index (χ0v) is 20.3. The van der Waals surface area contributed by atoms with Gasteiger partial charge in [0.15, 0.2) is 0 Å². The molecule has 172 valence electrons. The fourth-order valence-corrected chi connectivity index (χ4v) is 5.15. The fraction of sp³-hybridized carbons (Fsp3) is 0.345. The lowest BCUT2D eigenvalue weighted by Gasteiger charge is -2.32. The number of nitrogens with zero attached hydrogens (tertiary/aromatic N) is 1.